The quantitative estimate of drug-likeness (QED) is 0.215. The second kappa shape index (κ2) is 10.2. The van der Waals surface area contributed by atoms with E-state index in [1.165, 1.54) is 5.56 Å². The third-order valence-electron chi connectivity index (χ3n) is 3.29. The number of aryl methyl sites for hydroxylation is 1. The van der Waals surface area contributed by atoms with Crippen LogP contribution in [0.15, 0.2) is 61.2 Å². The zero-order chi connectivity index (χ0) is 17.9. The molecule has 2 rings (SSSR count). The fourth-order valence-corrected chi connectivity index (χ4v) is 1.92. The lowest BCUT2D eigenvalue weighted by Gasteiger charge is -2.08. The van der Waals surface area contributed by atoms with Gasteiger partial charge in [-0.3, -0.25) is 0 Å². The Labute approximate surface area is 147 Å². The molecule has 0 amide bonds. The van der Waals surface area contributed by atoms with Gasteiger partial charge in [0.2, 0.25) is 0 Å². The van der Waals surface area contributed by atoms with E-state index in [9.17, 15) is 4.79 Å². The van der Waals surface area contributed by atoms with E-state index in [1.807, 2.05) is 55.5 Å². The van der Waals surface area contributed by atoms with Gasteiger partial charge in [-0.1, -0.05) is 36.4 Å². The largest absolute Gasteiger partial charge is 0.493 e. The Balaban J connectivity index is 1.64. The molecule has 0 bridgehead atoms. The standard InChI is InChI=1S/C20H22O5/c1-3-20(21)23-14-4-13-22-18-11-7-17(8-12-18)15-24-25-19-9-5-16(2)6-10-19/h3,5-12H,1,4,13-15H2,2H3. The first-order valence-corrected chi connectivity index (χ1v) is 8.04. The highest BCUT2D eigenvalue weighted by molar-refractivity contribution is 5.81. The van der Waals surface area contributed by atoms with Gasteiger partial charge in [0, 0.05) is 12.5 Å². The van der Waals surface area contributed by atoms with Crippen molar-refractivity contribution in [2.24, 2.45) is 0 Å². The van der Waals surface area contributed by atoms with Crippen LogP contribution in [-0.2, 0) is 21.0 Å². The molecule has 25 heavy (non-hydrogen) atoms. The summed E-state index contributed by atoms with van der Waals surface area (Å²) in [7, 11) is 0. The van der Waals surface area contributed by atoms with Crippen LogP contribution in [0.2, 0.25) is 0 Å². The number of carbonyl (C=O) groups excluding carboxylic acids is 1. The minimum atomic E-state index is -0.419. The molecule has 5 heteroatoms. The molecule has 132 valence electrons. The molecule has 0 aliphatic carbocycles. The van der Waals surface area contributed by atoms with Crippen LogP contribution in [0.25, 0.3) is 0 Å². The number of benzene rings is 2. The third-order valence-corrected chi connectivity index (χ3v) is 3.29. The summed E-state index contributed by atoms with van der Waals surface area (Å²) < 4.78 is 10.4. The monoisotopic (exact) mass is 342 g/mol. The summed E-state index contributed by atoms with van der Waals surface area (Å²) in [4.78, 5) is 21.3. The maximum Gasteiger partial charge on any atom is 0.330 e. The lowest BCUT2D eigenvalue weighted by Crippen LogP contribution is -2.06. The molecule has 0 aromatic heterocycles. The Bertz CT molecular complexity index is 661. The SMILES string of the molecule is C=CC(=O)OCCCOc1ccc(COOc2ccc(C)cc2)cc1. The zero-order valence-corrected chi connectivity index (χ0v) is 14.3. The third kappa shape index (κ3) is 7.10. The zero-order valence-electron chi connectivity index (χ0n) is 14.3. The molecule has 0 heterocycles. The molecule has 0 radical (unpaired) electrons. The minimum Gasteiger partial charge on any atom is -0.493 e. The molecular weight excluding hydrogens is 320 g/mol. The number of rotatable bonds is 10. The van der Waals surface area contributed by atoms with Gasteiger partial charge in [0.25, 0.3) is 0 Å². The van der Waals surface area contributed by atoms with Gasteiger partial charge in [-0.05, 0) is 36.8 Å². The van der Waals surface area contributed by atoms with E-state index < -0.39 is 5.97 Å². The van der Waals surface area contributed by atoms with Gasteiger partial charge in [0.05, 0.1) is 13.2 Å². The highest BCUT2D eigenvalue weighted by atomic mass is 17.2. The van der Waals surface area contributed by atoms with Crippen molar-refractivity contribution in [2.75, 3.05) is 13.2 Å². The van der Waals surface area contributed by atoms with Crippen LogP contribution in [-0.4, -0.2) is 19.2 Å². The smallest absolute Gasteiger partial charge is 0.330 e. The van der Waals surface area contributed by atoms with E-state index in [2.05, 4.69) is 6.58 Å². The lowest BCUT2D eigenvalue weighted by molar-refractivity contribution is -0.217. The highest BCUT2D eigenvalue weighted by Crippen LogP contribution is 2.15. The molecular formula is C20H22O5. The average molecular weight is 342 g/mol. The molecule has 0 atom stereocenters. The molecule has 0 fully saturated rings. The van der Waals surface area contributed by atoms with Crippen LogP contribution in [0.4, 0.5) is 0 Å². The van der Waals surface area contributed by atoms with Crippen LogP contribution >= 0.6 is 0 Å². The minimum absolute atomic E-state index is 0.313. The van der Waals surface area contributed by atoms with E-state index >= 15 is 0 Å². The maximum atomic E-state index is 10.9. The fraction of sp³-hybridized carbons (Fsp3) is 0.250. The Morgan fingerprint density at radius 2 is 1.68 bits per heavy atom. The van der Waals surface area contributed by atoms with Gasteiger partial charge in [-0.15, -0.1) is 0 Å². The molecule has 0 spiro atoms. The molecule has 0 unspecified atom stereocenters. The first-order valence-electron chi connectivity index (χ1n) is 8.04. The topological polar surface area (TPSA) is 54.0 Å². The summed E-state index contributed by atoms with van der Waals surface area (Å²) >= 11 is 0. The summed E-state index contributed by atoms with van der Waals surface area (Å²) in [6, 6.07) is 15.2. The molecule has 0 aliphatic rings. The number of ether oxygens (including phenoxy) is 2. The van der Waals surface area contributed by atoms with Gasteiger partial charge < -0.3 is 14.4 Å². The number of carbonyl (C=O) groups is 1. The van der Waals surface area contributed by atoms with E-state index in [4.69, 9.17) is 19.2 Å². The summed E-state index contributed by atoms with van der Waals surface area (Å²) in [6.07, 6.45) is 1.76. The average Bonchev–Trinajstić information content (AvgIpc) is 2.64. The predicted molar refractivity (Wildman–Crippen MR) is 94.3 cm³/mol. The summed E-state index contributed by atoms with van der Waals surface area (Å²) in [5.74, 6) is 0.998. The Kier molecular flexibility index (Phi) is 7.53. The summed E-state index contributed by atoms with van der Waals surface area (Å²) in [5.41, 5.74) is 2.14. The first-order chi connectivity index (χ1) is 12.2. The molecule has 0 N–H and O–H groups in total. The second-order valence-corrected chi connectivity index (χ2v) is 5.38. The molecule has 0 aliphatic heterocycles. The van der Waals surface area contributed by atoms with E-state index in [1.54, 1.807) is 0 Å². The number of hydrogen-bond donors (Lipinski definition) is 0. The van der Waals surface area contributed by atoms with Crippen molar-refractivity contribution in [3.8, 4) is 11.5 Å². The van der Waals surface area contributed by atoms with E-state index in [0.29, 0.717) is 32.0 Å². The van der Waals surface area contributed by atoms with Crippen LogP contribution in [0.3, 0.4) is 0 Å². The van der Waals surface area contributed by atoms with Crippen LogP contribution in [0.5, 0.6) is 11.5 Å². The predicted octanol–water partition coefficient (Wildman–Crippen LogP) is 4.00. The lowest BCUT2D eigenvalue weighted by atomic mass is 10.2. The van der Waals surface area contributed by atoms with E-state index in [0.717, 1.165) is 17.4 Å². The van der Waals surface area contributed by atoms with Crippen LogP contribution < -0.4 is 9.62 Å². The van der Waals surface area contributed by atoms with E-state index in [-0.39, 0.29) is 0 Å². The van der Waals surface area contributed by atoms with Gasteiger partial charge >= 0.3 is 5.97 Å². The van der Waals surface area contributed by atoms with Crippen molar-refractivity contribution in [2.45, 2.75) is 20.0 Å². The maximum absolute atomic E-state index is 10.9. The molecule has 5 nitrogen and oxygen atoms in total. The summed E-state index contributed by atoms with van der Waals surface area (Å²) in [5, 5.41) is 0. The fourth-order valence-electron chi connectivity index (χ4n) is 1.92. The first kappa shape index (κ1) is 18.5. The Morgan fingerprint density at radius 1 is 1.00 bits per heavy atom. The molecule has 2 aromatic carbocycles. The van der Waals surface area contributed by atoms with Gasteiger partial charge in [-0.25, -0.2) is 4.79 Å². The normalized spacial score (nSPS) is 10.1. The van der Waals surface area contributed by atoms with Gasteiger partial charge in [0.1, 0.15) is 12.4 Å². The molecule has 0 saturated heterocycles. The highest BCUT2D eigenvalue weighted by Gasteiger charge is 2.00. The van der Waals surface area contributed by atoms with Gasteiger partial charge in [0.15, 0.2) is 5.75 Å². The number of hydrogen-bond acceptors (Lipinski definition) is 5. The Morgan fingerprint density at radius 3 is 2.36 bits per heavy atom. The van der Waals surface area contributed by atoms with Crippen molar-refractivity contribution in [1.29, 1.82) is 0 Å². The molecule has 0 saturated carbocycles. The van der Waals surface area contributed by atoms with Crippen molar-refractivity contribution < 1.29 is 24.0 Å². The van der Waals surface area contributed by atoms with Gasteiger partial charge in [-0.2, -0.15) is 4.89 Å². The summed E-state index contributed by atoms with van der Waals surface area (Å²) in [6.45, 7) is 6.47. The van der Waals surface area contributed by atoms with Crippen molar-refractivity contribution >= 4 is 5.97 Å². The molecule has 2 aromatic rings. The van der Waals surface area contributed by atoms with Crippen molar-refractivity contribution in [3.05, 3.63) is 72.3 Å². The van der Waals surface area contributed by atoms with Crippen LogP contribution in [0.1, 0.15) is 17.5 Å². The Hall–Kier alpha value is -2.79. The van der Waals surface area contributed by atoms with Crippen molar-refractivity contribution in [1.82, 2.24) is 0 Å². The van der Waals surface area contributed by atoms with Crippen LogP contribution in [0, 0.1) is 6.92 Å². The van der Waals surface area contributed by atoms with Crippen molar-refractivity contribution in [3.63, 3.8) is 0 Å². The second-order valence-electron chi connectivity index (χ2n) is 5.38. The number of esters is 1.